The summed E-state index contributed by atoms with van der Waals surface area (Å²) in [5.41, 5.74) is 2.12. The Balaban J connectivity index is 1.55. The van der Waals surface area contributed by atoms with Crippen LogP contribution in [0.5, 0.6) is 0 Å². The van der Waals surface area contributed by atoms with Crippen LogP contribution in [0.4, 0.5) is 21.3 Å². The number of hydrogen-bond acceptors (Lipinski definition) is 5. The number of hydrogen-bond donors (Lipinski definition) is 3. The summed E-state index contributed by atoms with van der Waals surface area (Å²) in [4.78, 5) is 24.2. The average Bonchev–Trinajstić information content (AvgIpc) is 3.06. The Hall–Kier alpha value is -2.68. The van der Waals surface area contributed by atoms with Gasteiger partial charge in [-0.05, 0) is 36.8 Å². The van der Waals surface area contributed by atoms with Gasteiger partial charge >= 0.3 is 6.03 Å². The molecule has 0 saturated heterocycles. The number of anilines is 3. The zero-order chi connectivity index (χ0) is 20.1. The molecule has 1 heterocycles. The third-order valence-corrected chi connectivity index (χ3v) is 4.98. The molecule has 28 heavy (non-hydrogen) atoms. The number of nitrogens with one attached hydrogen (secondary N) is 3. The Bertz CT molecular complexity index is 1020. The molecule has 10 heteroatoms. The molecule has 0 aliphatic heterocycles. The maximum absolute atomic E-state index is 12.2. The van der Waals surface area contributed by atoms with Gasteiger partial charge in [0.15, 0.2) is 0 Å². The molecule has 2 aromatic carbocycles. The Morgan fingerprint density at radius 1 is 1.00 bits per heavy atom. The third-order valence-electron chi connectivity index (χ3n) is 3.60. The lowest BCUT2D eigenvalue weighted by molar-refractivity contribution is -0.115. The van der Waals surface area contributed by atoms with Crippen LogP contribution in [0.2, 0.25) is 10.0 Å². The van der Waals surface area contributed by atoms with E-state index < -0.39 is 6.03 Å². The van der Waals surface area contributed by atoms with Gasteiger partial charge in [0, 0.05) is 10.7 Å². The van der Waals surface area contributed by atoms with Crippen LogP contribution in [0, 0.1) is 6.92 Å². The molecule has 0 aliphatic carbocycles. The van der Waals surface area contributed by atoms with Gasteiger partial charge in [-0.3, -0.25) is 10.1 Å². The fourth-order valence-electron chi connectivity index (χ4n) is 2.26. The number of aryl methyl sites for hydroxylation is 1. The smallest absolute Gasteiger partial charge is 0.325 e. The summed E-state index contributed by atoms with van der Waals surface area (Å²) in [7, 11) is 0. The molecule has 7 nitrogen and oxygen atoms in total. The molecule has 0 unspecified atom stereocenters. The number of amides is 3. The molecular formula is C18H15Cl2N5O2S. The SMILES string of the molecule is Cc1ccccc1NC(=O)Cc1nnc(NC(=O)Nc2ccc(Cl)cc2Cl)s1. The van der Waals surface area contributed by atoms with Crippen molar-refractivity contribution in [1.29, 1.82) is 0 Å². The second-order valence-corrected chi connectivity index (χ2v) is 7.65. The first kappa shape index (κ1) is 20.1. The number of carbonyl (C=O) groups is 2. The second-order valence-electron chi connectivity index (χ2n) is 5.74. The summed E-state index contributed by atoms with van der Waals surface area (Å²) >= 11 is 13.0. The standard InChI is InChI=1S/C18H15Cl2N5O2S/c1-10-4-2-3-5-13(10)21-15(26)9-16-24-25-18(28-16)23-17(27)22-14-7-6-11(19)8-12(14)20/h2-8H,9H2,1H3,(H,21,26)(H2,22,23,25,27). The molecule has 144 valence electrons. The normalized spacial score (nSPS) is 10.4. The van der Waals surface area contributed by atoms with Gasteiger partial charge in [-0.2, -0.15) is 0 Å². The van der Waals surface area contributed by atoms with Gasteiger partial charge < -0.3 is 10.6 Å². The number of halogens is 2. The van der Waals surface area contributed by atoms with E-state index in [1.54, 1.807) is 12.1 Å². The molecular weight excluding hydrogens is 421 g/mol. The topological polar surface area (TPSA) is 96.0 Å². The Labute approximate surface area is 175 Å². The van der Waals surface area contributed by atoms with E-state index in [1.807, 2.05) is 31.2 Å². The van der Waals surface area contributed by atoms with Crippen LogP contribution >= 0.6 is 34.5 Å². The highest BCUT2D eigenvalue weighted by Gasteiger charge is 2.13. The van der Waals surface area contributed by atoms with Crippen molar-refractivity contribution in [3.8, 4) is 0 Å². The number of urea groups is 1. The van der Waals surface area contributed by atoms with Gasteiger partial charge in [0.2, 0.25) is 11.0 Å². The molecule has 0 fully saturated rings. The summed E-state index contributed by atoms with van der Waals surface area (Å²) in [5, 5.41) is 17.3. The molecule has 3 aromatic rings. The lowest BCUT2D eigenvalue weighted by Crippen LogP contribution is -2.19. The fourth-order valence-corrected chi connectivity index (χ4v) is 3.45. The lowest BCUT2D eigenvalue weighted by Gasteiger charge is -2.07. The lowest BCUT2D eigenvalue weighted by atomic mass is 10.2. The van der Waals surface area contributed by atoms with Crippen molar-refractivity contribution in [3.63, 3.8) is 0 Å². The first-order valence-corrected chi connectivity index (χ1v) is 9.69. The van der Waals surface area contributed by atoms with Gasteiger partial charge in [-0.25, -0.2) is 4.79 Å². The molecule has 1 aromatic heterocycles. The van der Waals surface area contributed by atoms with E-state index in [0.717, 1.165) is 22.6 Å². The Morgan fingerprint density at radius 3 is 2.54 bits per heavy atom. The van der Waals surface area contributed by atoms with Crippen molar-refractivity contribution in [2.75, 3.05) is 16.0 Å². The molecule has 0 saturated carbocycles. The van der Waals surface area contributed by atoms with E-state index in [2.05, 4.69) is 26.1 Å². The van der Waals surface area contributed by atoms with Gasteiger partial charge in [-0.15, -0.1) is 10.2 Å². The number of rotatable bonds is 5. The summed E-state index contributed by atoms with van der Waals surface area (Å²) in [6.45, 7) is 1.91. The summed E-state index contributed by atoms with van der Waals surface area (Å²) in [6.07, 6.45) is 0.0539. The van der Waals surface area contributed by atoms with Crippen LogP contribution in [0.15, 0.2) is 42.5 Å². The van der Waals surface area contributed by atoms with Gasteiger partial charge in [0.25, 0.3) is 0 Å². The molecule has 3 amide bonds. The number of carbonyl (C=O) groups excluding carboxylic acids is 2. The van der Waals surface area contributed by atoms with E-state index >= 15 is 0 Å². The largest absolute Gasteiger partial charge is 0.325 e. The van der Waals surface area contributed by atoms with Crippen molar-refractivity contribution in [1.82, 2.24) is 10.2 Å². The zero-order valence-electron chi connectivity index (χ0n) is 14.6. The maximum atomic E-state index is 12.2. The Kier molecular flexibility index (Phi) is 6.45. The van der Waals surface area contributed by atoms with Crippen molar-refractivity contribution >= 4 is 63.0 Å². The molecule has 0 atom stereocenters. The third kappa shape index (κ3) is 5.41. The van der Waals surface area contributed by atoms with E-state index in [-0.39, 0.29) is 17.5 Å². The number of benzene rings is 2. The monoisotopic (exact) mass is 435 g/mol. The number of aromatic nitrogens is 2. The highest BCUT2D eigenvalue weighted by Crippen LogP contribution is 2.25. The second kappa shape index (κ2) is 9.01. The number of nitrogens with zero attached hydrogens (tertiary/aromatic N) is 2. The summed E-state index contributed by atoms with van der Waals surface area (Å²) in [6, 6.07) is 11.7. The van der Waals surface area contributed by atoms with Gasteiger partial charge in [0.1, 0.15) is 5.01 Å². The molecule has 3 N–H and O–H groups in total. The van der Waals surface area contributed by atoms with Crippen LogP contribution in [0.25, 0.3) is 0 Å². The molecule has 0 spiro atoms. The highest BCUT2D eigenvalue weighted by atomic mass is 35.5. The van der Waals surface area contributed by atoms with Gasteiger partial charge in [0.05, 0.1) is 17.1 Å². The van der Waals surface area contributed by atoms with E-state index in [9.17, 15) is 9.59 Å². The van der Waals surface area contributed by atoms with Crippen LogP contribution in [0.3, 0.4) is 0 Å². The first-order chi connectivity index (χ1) is 13.4. The minimum absolute atomic E-state index is 0.0539. The highest BCUT2D eigenvalue weighted by molar-refractivity contribution is 7.15. The number of para-hydroxylation sites is 1. The Morgan fingerprint density at radius 2 is 1.79 bits per heavy atom. The van der Waals surface area contributed by atoms with Crippen LogP contribution in [-0.2, 0) is 11.2 Å². The quantitative estimate of drug-likeness (QED) is 0.526. The van der Waals surface area contributed by atoms with E-state index in [1.165, 1.54) is 6.07 Å². The predicted octanol–water partition coefficient (Wildman–Crippen LogP) is 4.98. The van der Waals surface area contributed by atoms with Gasteiger partial charge in [-0.1, -0.05) is 52.7 Å². The molecule has 0 radical (unpaired) electrons. The van der Waals surface area contributed by atoms with Crippen LogP contribution in [-0.4, -0.2) is 22.1 Å². The summed E-state index contributed by atoms with van der Waals surface area (Å²) in [5.74, 6) is -0.214. The fraction of sp³-hybridized carbons (Fsp3) is 0.111. The molecule has 0 bridgehead atoms. The van der Waals surface area contributed by atoms with E-state index in [0.29, 0.717) is 20.7 Å². The van der Waals surface area contributed by atoms with Crippen molar-refractivity contribution < 1.29 is 9.59 Å². The maximum Gasteiger partial charge on any atom is 0.325 e. The first-order valence-electron chi connectivity index (χ1n) is 8.11. The van der Waals surface area contributed by atoms with Crippen LogP contribution in [0.1, 0.15) is 10.6 Å². The van der Waals surface area contributed by atoms with Crippen LogP contribution < -0.4 is 16.0 Å². The average molecular weight is 436 g/mol. The molecule has 0 aliphatic rings. The predicted molar refractivity (Wildman–Crippen MR) is 113 cm³/mol. The van der Waals surface area contributed by atoms with Crippen molar-refractivity contribution in [2.45, 2.75) is 13.3 Å². The van der Waals surface area contributed by atoms with Crippen molar-refractivity contribution in [3.05, 3.63) is 63.1 Å². The summed E-state index contributed by atoms with van der Waals surface area (Å²) < 4.78 is 0. The van der Waals surface area contributed by atoms with E-state index in [4.69, 9.17) is 23.2 Å². The minimum Gasteiger partial charge on any atom is -0.325 e. The molecule has 3 rings (SSSR count). The zero-order valence-corrected chi connectivity index (χ0v) is 17.0. The van der Waals surface area contributed by atoms with Crippen molar-refractivity contribution in [2.24, 2.45) is 0 Å². The minimum atomic E-state index is -0.531.